The smallest absolute Gasteiger partial charge is 0.220 e. The second-order valence-electron chi connectivity index (χ2n) is 4.80. The maximum Gasteiger partial charge on any atom is 0.220 e. The van der Waals surface area contributed by atoms with Crippen molar-refractivity contribution >= 4 is 15.7 Å². The first-order valence-electron chi connectivity index (χ1n) is 7.13. The molecule has 1 aromatic carbocycles. The van der Waals surface area contributed by atoms with E-state index in [1.54, 1.807) is 12.1 Å². The Hall–Kier alpha value is -1.56. The standard InChI is InChI=1S/C15H23NO4S/c1-3-4-5-6-15(17)16-11-12-21(18,19)14-9-7-13(20-2)8-10-14/h7-10H,3-6,11-12H2,1-2H3,(H,16,17). The fourth-order valence-corrected chi connectivity index (χ4v) is 3.01. The van der Waals surface area contributed by atoms with Crippen molar-refractivity contribution in [2.75, 3.05) is 19.4 Å². The lowest BCUT2D eigenvalue weighted by atomic mass is 10.2. The van der Waals surface area contributed by atoms with Crippen LogP contribution in [0.3, 0.4) is 0 Å². The molecule has 0 spiro atoms. The lowest BCUT2D eigenvalue weighted by Crippen LogP contribution is -2.28. The van der Waals surface area contributed by atoms with Crippen molar-refractivity contribution in [3.63, 3.8) is 0 Å². The SMILES string of the molecule is CCCCCC(=O)NCCS(=O)(=O)c1ccc(OC)cc1. The summed E-state index contributed by atoms with van der Waals surface area (Å²) in [6.45, 7) is 2.21. The Morgan fingerprint density at radius 2 is 1.86 bits per heavy atom. The predicted molar refractivity (Wildman–Crippen MR) is 82.2 cm³/mol. The second kappa shape index (κ2) is 8.67. The van der Waals surface area contributed by atoms with Crippen LogP contribution >= 0.6 is 0 Å². The van der Waals surface area contributed by atoms with Crippen molar-refractivity contribution in [2.45, 2.75) is 37.5 Å². The number of nitrogens with one attached hydrogen (secondary N) is 1. The number of methoxy groups -OCH3 is 1. The van der Waals surface area contributed by atoms with E-state index < -0.39 is 9.84 Å². The minimum Gasteiger partial charge on any atom is -0.497 e. The lowest BCUT2D eigenvalue weighted by Gasteiger charge is -2.07. The summed E-state index contributed by atoms with van der Waals surface area (Å²) in [7, 11) is -1.85. The number of carbonyl (C=O) groups is 1. The van der Waals surface area contributed by atoms with Crippen molar-refractivity contribution < 1.29 is 17.9 Å². The number of carbonyl (C=O) groups excluding carboxylic acids is 1. The van der Waals surface area contributed by atoms with E-state index in [4.69, 9.17) is 4.74 Å². The molecule has 0 radical (unpaired) electrons. The first-order valence-corrected chi connectivity index (χ1v) is 8.78. The van der Waals surface area contributed by atoms with Crippen LogP contribution in [0.1, 0.15) is 32.6 Å². The molecule has 1 aromatic rings. The highest BCUT2D eigenvalue weighted by Crippen LogP contribution is 2.16. The lowest BCUT2D eigenvalue weighted by molar-refractivity contribution is -0.121. The third-order valence-electron chi connectivity index (χ3n) is 3.12. The number of unbranched alkanes of at least 4 members (excludes halogenated alkanes) is 2. The topological polar surface area (TPSA) is 72.5 Å². The maximum atomic E-state index is 12.1. The van der Waals surface area contributed by atoms with Gasteiger partial charge in [-0.05, 0) is 30.7 Å². The summed E-state index contributed by atoms with van der Waals surface area (Å²) in [5.41, 5.74) is 0. The second-order valence-corrected chi connectivity index (χ2v) is 6.91. The number of hydrogen-bond acceptors (Lipinski definition) is 4. The zero-order chi connectivity index (χ0) is 15.7. The molecule has 0 bridgehead atoms. The zero-order valence-electron chi connectivity index (χ0n) is 12.6. The Morgan fingerprint density at radius 1 is 1.19 bits per heavy atom. The molecule has 0 aliphatic heterocycles. The van der Waals surface area contributed by atoms with Crippen LogP contribution < -0.4 is 10.1 Å². The van der Waals surface area contributed by atoms with Gasteiger partial charge in [0.05, 0.1) is 17.8 Å². The van der Waals surface area contributed by atoms with Crippen molar-refractivity contribution in [2.24, 2.45) is 0 Å². The number of rotatable bonds is 9. The van der Waals surface area contributed by atoms with Gasteiger partial charge in [0.25, 0.3) is 0 Å². The normalized spacial score (nSPS) is 11.1. The molecule has 0 aliphatic carbocycles. The van der Waals surface area contributed by atoms with Crippen LogP contribution in [0.15, 0.2) is 29.2 Å². The summed E-state index contributed by atoms with van der Waals surface area (Å²) in [4.78, 5) is 11.7. The molecular formula is C15H23NO4S. The maximum absolute atomic E-state index is 12.1. The number of ether oxygens (including phenoxy) is 1. The van der Waals surface area contributed by atoms with Gasteiger partial charge in [-0.2, -0.15) is 0 Å². The summed E-state index contributed by atoms with van der Waals surface area (Å²) >= 11 is 0. The summed E-state index contributed by atoms with van der Waals surface area (Å²) in [6, 6.07) is 6.24. The summed E-state index contributed by atoms with van der Waals surface area (Å²) in [6.07, 6.45) is 3.36. The van der Waals surface area contributed by atoms with Gasteiger partial charge in [0.15, 0.2) is 9.84 Å². The van der Waals surface area contributed by atoms with Gasteiger partial charge in [0.1, 0.15) is 5.75 Å². The molecule has 0 saturated carbocycles. The summed E-state index contributed by atoms with van der Waals surface area (Å²) in [5, 5.41) is 2.65. The van der Waals surface area contributed by atoms with E-state index in [9.17, 15) is 13.2 Å². The van der Waals surface area contributed by atoms with Crippen molar-refractivity contribution in [1.29, 1.82) is 0 Å². The van der Waals surface area contributed by atoms with Crippen LogP contribution in [0.5, 0.6) is 5.75 Å². The molecule has 0 saturated heterocycles. The van der Waals surface area contributed by atoms with E-state index in [2.05, 4.69) is 12.2 Å². The van der Waals surface area contributed by atoms with Crippen LogP contribution in [0.2, 0.25) is 0 Å². The molecule has 0 atom stereocenters. The van der Waals surface area contributed by atoms with Gasteiger partial charge in [-0.1, -0.05) is 19.8 Å². The van der Waals surface area contributed by atoms with E-state index >= 15 is 0 Å². The van der Waals surface area contributed by atoms with Crippen molar-refractivity contribution in [3.8, 4) is 5.75 Å². The molecule has 0 fully saturated rings. The zero-order valence-corrected chi connectivity index (χ0v) is 13.4. The van der Waals surface area contributed by atoms with Crippen LogP contribution in [-0.4, -0.2) is 33.7 Å². The molecule has 1 amide bonds. The Morgan fingerprint density at radius 3 is 2.43 bits per heavy atom. The highest BCUT2D eigenvalue weighted by molar-refractivity contribution is 7.91. The van der Waals surface area contributed by atoms with Gasteiger partial charge >= 0.3 is 0 Å². The molecule has 118 valence electrons. The Bertz CT molecular complexity index is 537. The van der Waals surface area contributed by atoms with Gasteiger partial charge in [0, 0.05) is 13.0 Å². The molecule has 5 nitrogen and oxygen atoms in total. The van der Waals surface area contributed by atoms with Gasteiger partial charge in [0.2, 0.25) is 5.91 Å². The molecule has 0 unspecified atom stereocenters. The Labute approximate surface area is 126 Å². The first kappa shape index (κ1) is 17.5. The molecule has 0 aliphatic rings. The minimum atomic E-state index is -3.38. The van der Waals surface area contributed by atoms with Crippen LogP contribution in [0.4, 0.5) is 0 Å². The molecular weight excluding hydrogens is 290 g/mol. The molecule has 0 aromatic heterocycles. The molecule has 1 rings (SSSR count). The van der Waals surface area contributed by atoms with Gasteiger partial charge in [-0.25, -0.2) is 8.42 Å². The molecule has 0 heterocycles. The summed E-state index contributed by atoms with van der Waals surface area (Å²) in [5.74, 6) is 0.422. The largest absolute Gasteiger partial charge is 0.497 e. The quantitative estimate of drug-likeness (QED) is 0.709. The third kappa shape index (κ3) is 6.16. The van der Waals surface area contributed by atoms with E-state index in [1.165, 1.54) is 19.2 Å². The average molecular weight is 313 g/mol. The number of amides is 1. The first-order chi connectivity index (χ1) is 9.99. The number of hydrogen-bond donors (Lipinski definition) is 1. The predicted octanol–water partition coefficient (Wildman–Crippen LogP) is 2.17. The van der Waals surface area contributed by atoms with E-state index in [1.807, 2.05) is 0 Å². The van der Waals surface area contributed by atoms with Crippen molar-refractivity contribution in [3.05, 3.63) is 24.3 Å². The minimum absolute atomic E-state index is 0.0895. The van der Waals surface area contributed by atoms with Crippen molar-refractivity contribution in [1.82, 2.24) is 5.32 Å². The molecule has 21 heavy (non-hydrogen) atoms. The van der Waals surface area contributed by atoms with Gasteiger partial charge in [-0.15, -0.1) is 0 Å². The third-order valence-corrected chi connectivity index (χ3v) is 4.85. The Kier molecular flexibility index (Phi) is 7.22. The van der Waals surface area contributed by atoms with E-state index in [0.29, 0.717) is 12.2 Å². The average Bonchev–Trinajstić information content (AvgIpc) is 2.47. The fraction of sp³-hybridized carbons (Fsp3) is 0.533. The summed E-state index contributed by atoms with van der Waals surface area (Å²) < 4.78 is 29.2. The molecule has 6 heteroatoms. The monoisotopic (exact) mass is 313 g/mol. The molecule has 1 N–H and O–H groups in total. The number of sulfone groups is 1. The highest BCUT2D eigenvalue weighted by atomic mass is 32.2. The van der Waals surface area contributed by atoms with E-state index in [-0.39, 0.29) is 23.1 Å². The highest BCUT2D eigenvalue weighted by Gasteiger charge is 2.14. The fourth-order valence-electron chi connectivity index (χ4n) is 1.85. The van der Waals surface area contributed by atoms with Crippen LogP contribution in [0.25, 0.3) is 0 Å². The number of benzene rings is 1. The van der Waals surface area contributed by atoms with Gasteiger partial charge in [-0.3, -0.25) is 4.79 Å². The van der Waals surface area contributed by atoms with Crippen LogP contribution in [-0.2, 0) is 14.6 Å². The van der Waals surface area contributed by atoms with E-state index in [0.717, 1.165) is 19.3 Å². The van der Waals surface area contributed by atoms with Crippen LogP contribution in [0, 0.1) is 0 Å². The Balaban J connectivity index is 2.43. The van der Waals surface area contributed by atoms with Gasteiger partial charge < -0.3 is 10.1 Å².